The first-order valence-corrected chi connectivity index (χ1v) is 10.5. The van der Waals surface area contributed by atoms with E-state index in [0.717, 1.165) is 11.4 Å². The number of H-pyrrole nitrogens is 2. The maximum absolute atomic E-state index is 12.5. The van der Waals surface area contributed by atoms with Crippen LogP contribution in [0.15, 0.2) is 48.5 Å². The zero-order valence-electron chi connectivity index (χ0n) is 17.5. The van der Waals surface area contributed by atoms with Crippen molar-refractivity contribution < 1.29 is 19.4 Å². The second-order valence-electron chi connectivity index (χ2n) is 6.97. The monoisotopic (exact) mass is 473 g/mol. The number of aromatic nitrogens is 3. The van der Waals surface area contributed by atoms with Gasteiger partial charge in [-0.3, -0.25) is 19.6 Å². The molecule has 0 radical (unpaired) electrons. The van der Waals surface area contributed by atoms with Crippen LogP contribution in [0, 0.1) is 9.54 Å². The molecule has 0 saturated heterocycles. The molecule has 1 atom stereocenters. The molecular formula is C21H23N5O4S2. The van der Waals surface area contributed by atoms with Gasteiger partial charge in [-0.2, -0.15) is 0 Å². The molecule has 0 aliphatic carbocycles. The predicted octanol–water partition coefficient (Wildman–Crippen LogP) is 3.23. The molecule has 0 saturated carbocycles. The van der Waals surface area contributed by atoms with Crippen molar-refractivity contribution in [2.75, 3.05) is 32.1 Å². The number of aromatic amines is 2. The molecular weight excluding hydrogens is 450 g/mol. The maximum atomic E-state index is 12.5. The summed E-state index contributed by atoms with van der Waals surface area (Å²) < 4.78 is 7.56. The summed E-state index contributed by atoms with van der Waals surface area (Å²) >= 11 is 10.4. The Hall–Kier alpha value is -3.28. The lowest BCUT2D eigenvalue weighted by Gasteiger charge is -2.20. The molecule has 0 bridgehead atoms. The van der Waals surface area contributed by atoms with Crippen LogP contribution in [0.4, 0.5) is 5.69 Å². The van der Waals surface area contributed by atoms with E-state index in [9.17, 15) is 9.59 Å². The van der Waals surface area contributed by atoms with E-state index in [1.807, 2.05) is 24.1 Å². The van der Waals surface area contributed by atoms with Gasteiger partial charge in [0.25, 0.3) is 5.91 Å². The average Bonchev–Trinajstić information content (AvgIpc) is 3.12. The summed E-state index contributed by atoms with van der Waals surface area (Å²) in [7, 11) is 3.25. The Bertz CT molecular complexity index is 1170. The second kappa shape index (κ2) is 10.4. The number of ether oxygens (including phenoxy) is 1. The van der Waals surface area contributed by atoms with E-state index >= 15 is 0 Å². The number of hydrogen-bond donors (Lipinski definition) is 4. The normalized spacial score (nSPS) is 11.7. The molecule has 11 heteroatoms. The minimum absolute atomic E-state index is 0.187. The minimum atomic E-state index is -1.04. The highest BCUT2D eigenvalue weighted by Crippen LogP contribution is 2.21. The highest BCUT2D eigenvalue weighted by atomic mass is 32.1. The molecule has 1 heterocycles. The molecule has 168 valence electrons. The smallest absolute Gasteiger partial charge is 0.337 e. The highest BCUT2D eigenvalue weighted by Gasteiger charge is 2.18. The van der Waals surface area contributed by atoms with Gasteiger partial charge in [-0.1, -0.05) is 12.1 Å². The lowest BCUT2D eigenvalue weighted by atomic mass is 10.1. The molecule has 9 nitrogen and oxygen atoms in total. The van der Waals surface area contributed by atoms with Gasteiger partial charge in [-0.25, -0.2) is 4.79 Å². The average molecular weight is 474 g/mol. The van der Waals surface area contributed by atoms with Gasteiger partial charge >= 0.3 is 5.97 Å². The lowest BCUT2D eigenvalue weighted by Crippen LogP contribution is -2.33. The summed E-state index contributed by atoms with van der Waals surface area (Å²) in [5.74, 6) is -1.23. The number of anilines is 1. The summed E-state index contributed by atoms with van der Waals surface area (Å²) in [4.78, 5) is 25.6. The molecule has 0 aliphatic heterocycles. The Labute approximate surface area is 194 Å². The number of carbonyl (C=O) groups excluding carboxylic acids is 1. The molecule has 1 amide bonds. The highest BCUT2D eigenvalue weighted by molar-refractivity contribution is 7.72. The van der Waals surface area contributed by atoms with Crippen molar-refractivity contribution in [3.8, 4) is 5.69 Å². The molecule has 0 spiro atoms. The molecule has 1 aromatic heterocycles. The van der Waals surface area contributed by atoms with E-state index in [-0.39, 0.29) is 5.91 Å². The van der Waals surface area contributed by atoms with Crippen molar-refractivity contribution in [1.82, 2.24) is 20.1 Å². The second-order valence-corrected chi connectivity index (χ2v) is 7.74. The first-order chi connectivity index (χ1) is 15.3. The van der Waals surface area contributed by atoms with Crippen LogP contribution < -0.4 is 10.2 Å². The van der Waals surface area contributed by atoms with Crippen LogP contribution in [-0.2, 0) is 9.53 Å². The molecule has 4 N–H and O–H groups in total. The Kier molecular flexibility index (Phi) is 7.57. The van der Waals surface area contributed by atoms with Crippen LogP contribution in [0.3, 0.4) is 0 Å². The van der Waals surface area contributed by atoms with E-state index in [2.05, 4.69) is 15.5 Å². The van der Waals surface area contributed by atoms with Crippen molar-refractivity contribution in [2.45, 2.75) is 6.10 Å². The number of carboxylic acids is 1. The van der Waals surface area contributed by atoms with E-state index in [4.69, 9.17) is 34.3 Å². The van der Waals surface area contributed by atoms with Gasteiger partial charge in [0.05, 0.1) is 5.69 Å². The molecule has 3 rings (SSSR count). The van der Waals surface area contributed by atoms with E-state index in [1.54, 1.807) is 41.0 Å². The number of methoxy groups -OCH3 is 1. The number of rotatable bonds is 9. The Morgan fingerprint density at radius 1 is 1.09 bits per heavy atom. The van der Waals surface area contributed by atoms with Gasteiger partial charge in [-0.15, -0.1) is 0 Å². The fraction of sp³-hybridized carbons (Fsp3) is 0.238. The van der Waals surface area contributed by atoms with E-state index < -0.39 is 12.1 Å². The standard InChI is InChI=1S/C21H23N5O4S2/c1-25(15-7-3-13(4-8-15)17(30-2)19(28)29)12-11-22-18(27)14-5-9-16(10-6-14)26-20(31)23-24-21(26)32/h3-10,17H,11-12H2,1-2H3,(H,22,27)(H,23,31)(H,24,32)(H,28,29). The van der Waals surface area contributed by atoms with Crippen LogP contribution >= 0.6 is 24.4 Å². The predicted molar refractivity (Wildman–Crippen MR) is 126 cm³/mol. The first kappa shape index (κ1) is 23.4. The van der Waals surface area contributed by atoms with Crippen LogP contribution in [0.25, 0.3) is 5.69 Å². The van der Waals surface area contributed by atoms with Gasteiger partial charge in [0.1, 0.15) is 0 Å². The molecule has 32 heavy (non-hydrogen) atoms. The number of hydrogen-bond acceptors (Lipinski definition) is 6. The third-order valence-electron chi connectivity index (χ3n) is 4.90. The molecule has 2 aromatic carbocycles. The summed E-state index contributed by atoms with van der Waals surface area (Å²) in [6.45, 7) is 1.01. The topological polar surface area (TPSA) is 115 Å². The Balaban J connectivity index is 1.55. The third kappa shape index (κ3) is 5.31. The molecule has 1 unspecified atom stereocenters. The van der Waals surface area contributed by atoms with E-state index in [0.29, 0.717) is 33.8 Å². The summed E-state index contributed by atoms with van der Waals surface area (Å²) in [5.41, 5.74) is 2.75. The van der Waals surface area contributed by atoms with Crippen LogP contribution in [0.5, 0.6) is 0 Å². The number of carbonyl (C=O) groups is 2. The van der Waals surface area contributed by atoms with Crippen molar-refractivity contribution in [3.63, 3.8) is 0 Å². The molecule has 0 fully saturated rings. The summed E-state index contributed by atoms with van der Waals surface area (Å²) in [6.07, 6.45) is -0.996. The van der Waals surface area contributed by atoms with Gasteiger partial charge < -0.3 is 20.1 Å². The maximum Gasteiger partial charge on any atom is 0.337 e. The van der Waals surface area contributed by atoms with E-state index in [1.165, 1.54) is 7.11 Å². The number of aliphatic carboxylic acids is 1. The zero-order valence-corrected chi connectivity index (χ0v) is 19.1. The largest absolute Gasteiger partial charge is 0.479 e. The Morgan fingerprint density at radius 2 is 1.69 bits per heavy atom. The zero-order chi connectivity index (χ0) is 23.3. The number of amides is 1. The third-order valence-corrected chi connectivity index (χ3v) is 5.47. The van der Waals surface area contributed by atoms with Crippen molar-refractivity contribution in [3.05, 3.63) is 69.2 Å². The van der Waals surface area contributed by atoms with Gasteiger partial charge in [-0.05, 0) is 66.4 Å². The van der Waals surface area contributed by atoms with Gasteiger partial charge in [0.2, 0.25) is 0 Å². The van der Waals surface area contributed by atoms with Crippen molar-refractivity contribution >= 4 is 42.0 Å². The van der Waals surface area contributed by atoms with Crippen LogP contribution in [0.2, 0.25) is 0 Å². The van der Waals surface area contributed by atoms with Crippen molar-refractivity contribution in [2.24, 2.45) is 0 Å². The molecule has 3 aromatic rings. The number of likely N-dealkylation sites (N-methyl/N-ethyl adjacent to an activating group) is 1. The van der Waals surface area contributed by atoms with Crippen LogP contribution in [0.1, 0.15) is 22.0 Å². The SMILES string of the molecule is COC(C(=O)O)c1ccc(N(C)CCNC(=O)c2ccc(-n3c(=S)[nH][nH]c3=S)cc2)cc1. The first-order valence-electron chi connectivity index (χ1n) is 9.67. The number of nitrogens with zero attached hydrogens (tertiary/aromatic N) is 2. The van der Waals surface area contributed by atoms with Gasteiger partial charge in [0.15, 0.2) is 15.6 Å². The molecule has 0 aliphatic rings. The number of nitrogens with one attached hydrogen (secondary N) is 3. The number of carboxylic acid groups (broad SMARTS) is 1. The van der Waals surface area contributed by atoms with Gasteiger partial charge in [0, 0.05) is 38.5 Å². The van der Waals surface area contributed by atoms with Crippen molar-refractivity contribution in [1.29, 1.82) is 0 Å². The summed E-state index contributed by atoms with van der Waals surface area (Å²) in [6, 6.07) is 14.1. The minimum Gasteiger partial charge on any atom is -0.479 e. The quantitative estimate of drug-likeness (QED) is 0.353. The number of benzene rings is 2. The lowest BCUT2D eigenvalue weighted by molar-refractivity contribution is -0.148. The summed E-state index contributed by atoms with van der Waals surface area (Å²) in [5, 5.41) is 17.6. The van der Waals surface area contributed by atoms with Crippen LogP contribution in [-0.4, -0.2) is 59.0 Å². The fourth-order valence-corrected chi connectivity index (χ4v) is 3.71. The Morgan fingerprint density at radius 3 is 2.22 bits per heavy atom. The fourth-order valence-electron chi connectivity index (χ4n) is 3.16.